The van der Waals surface area contributed by atoms with Crippen LogP contribution in [-0.2, 0) is 32.7 Å². The van der Waals surface area contributed by atoms with Crippen molar-refractivity contribution >= 4 is 19.8 Å². The number of hydrogen-bond donors (Lipinski definition) is 3. The van der Waals surface area contributed by atoms with Crippen LogP contribution in [-0.4, -0.2) is 65.7 Å². The van der Waals surface area contributed by atoms with Crippen molar-refractivity contribution in [3.63, 3.8) is 0 Å². The number of hydrogen-bond acceptors (Lipinski definition) is 9. The molecular formula is C46H85O10P. The van der Waals surface area contributed by atoms with Crippen LogP contribution in [0.4, 0.5) is 0 Å². The molecule has 0 aliphatic heterocycles. The highest BCUT2D eigenvalue weighted by molar-refractivity contribution is 7.47. The van der Waals surface area contributed by atoms with E-state index in [0.717, 1.165) is 70.6 Å². The molecule has 0 amide bonds. The van der Waals surface area contributed by atoms with Crippen molar-refractivity contribution in [2.24, 2.45) is 0 Å². The zero-order chi connectivity index (χ0) is 41.9. The summed E-state index contributed by atoms with van der Waals surface area (Å²) in [4.78, 5) is 34.5. The summed E-state index contributed by atoms with van der Waals surface area (Å²) in [7, 11) is -4.64. The minimum absolute atomic E-state index is 0.182. The van der Waals surface area contributed by atoms with Gasteiger partial charge in [0.15, 0.2) is 0 Å². The second-order valence-corrected chi connectivity index (χ2v) is 16.8. The van der Waals surface area contributed by atoms with Gasteiger partial charge in [-0.05, 0) is 70.6 Å². The van der Waals surface area contributed by atoms with Crippen molar-refractivity contribution in [1.29, 1.82) is 0 Å². The fourth-order valence-electron chi connectivity index (χ4n) is 6.26. The van der Waals surface area contributed by atoms with Crippen molar-refractivity contribution < 1.29 is 47.8 Å². The Bertz CT molecular complexity index is 1050. The smallest absolute Gasteiger partial charge is 0.457 e. The number of allylic oxidation sites excluding steroid dienone is 6. The molecule has 0 aliphatic carbocycles. The van der Waals surface area contributed by atoms with Gasteiger partial charge in [0.2, 0.25) is 0 Å². The lowest BCUT2D eigenvalue weighted by Crippen LogP contribution is -2.28. The quantitative estimate of drug-likeness (QED) is 0.0235. The van der Waals surface area contributed by atoms with E-state index in [1.807, 2.05) is 0 Å². The van der Waals surface area contributed by atoms with Crippen LogP contribution in [0.1, 0.15) is 206 Å². The first-order chi connectivity index (χ1) is 27.8. The lowest BCUT2D eigenvalue weighted by molar-refractivity contribution is -0.153. The molecule has 11 heteroatoms. The number of esters is 2. The van der Waals surface area contributed by atoms with E-state index in [9.17, 15) is 29.3 Å². The Labute approximate surface area is 348 Å². The third-order valence-electron chi connectivity index (χ3n) is 9.82. The van der Waals surface area contributed by atoms with Gasteiger partial charge in [0, 0.05) is 12.8 Å². The van der Waals surface area contributed by atoms with Crippen LogP contribution in [0.25, 0.3) is 0 Å². The van der Waals surface area contributed by atoms with E-state index in [4.69, 9.17) is 18.5 Å². The van der Waals surface area contributed by atoms with Crippen molar-refractivity contribution in [2.75, 3.05) is 26.4 Å². The van der Waals surface area contributed by atoms with Crippen molar-refractivity contribution in [2.45, 2.75) is 219 Å². The van der Waals surface area contributed by atoms with Gasteiger partial charge in [-0.1, -0.05) is 159 Å². The second kappa shape index (κ2) is 42.3. The molecule has 0 aromatic rings. The molecule has 0 spiro atoms. The lowest BCUT2D eigenvalue weighted by Gasteiger charge is -2.20. The molecule has 0 rings (SSSR count). The standard InChI is InChI=1S/C46H85O10P/c1-3-5-7-9-11-13-15-17-18-19-20-21-22-23-24-26-28-30-32-34-36-38-46(50)56-44(40-48)42-54-57(51,52)53-41-43(39-47)55-45(49)37-35-33-31-29-27-25-16-14-12-10-8-6-4-2/h14-17,19-20,43-44,47-48H,3-13,18,21-42H2,1-2H3,(H,51,52)/b16-14-,17-15-,20-19-. The van der Waals surface area contributed by atoms with Crippen LogP contribution in [0, 0.1) is 0 Å². The van der Waals surface area contributed by atoms with E-state index in [1.54, 1.807) is 0 Å². The van der Waals surface area contributed by atoms with E-state index in [0.29, 0.717) is 12.8 Å². The van der Waals surface area contributed by atoms with Crippen LogP contribution in [0.15, 0.2) is 36.5 Å². The Morgan fingerprint density at radius 2 is 0.772 bits per heavy atom. The molecule has 57 heavy (non-hydrogen) atoms. The Morgan fingerprint density at radius 3 is 1.12 bits per heavy atom. The average Bonchev–Trinajstić information content (AvgIpc) is 3.20. The van der Waals surface area contributed by atoms with Crippen molar-refractivity contribution in [1.82, 2.24) is 0 Å². The third-order valence-corrected chi connectivity index (χ3v) is 10.8. The number of phosphoric ester groups is 1. The molecule has 0 heterocycles. The van der Waals surface area contributed by atoms with Crippen LogP contribution >= 0.6 is 7.82 Å². The number of aliphatic hydroxyl groups is 2. The number of aliphatic hydroxyl groups excluding tert-OH is 2. The minimum atomic E-state index is -4.64. The van der Waals surface area contributed by atoms with Crippen molar-refractivity contribution in [3.8, 4) is 0 Å². The van der Waals surface area contributed by atoms with Gasteiger partial charge in [-0.2, -0.15) is 0 Å². The number of phosphoric acid groups is 1. The molecule has 0 saturated heterocycles. The third kappa shape index (κ3) is 40.7. The molecule has 0 aromatic carbocycles. The van der Waals surface area contributed by atoms with Gasteiger partial charge in [0.05, 0.1) is 26.4 Å². The predicted molar refractivity (Wildman–Crippen MR) is 233 cm³/mol. The van der Waals surface area contributed by atoms with E-state index in [1.165, 1.54) is 96.3 Å². The Balaban J connectivity index is 3.89. The van der Waals surface area contributed by atoms with E-state index in [2.05, 4.69) is 50.3 Å². The summed E-state index contributed by atoms with van der Waals surface area (Å²) in [5.41, 5.74) is 0. The number of unbranched alkanes of at least 4 members (excludes halogenated alkanes) is 23. The van der Waals surface area contributed by atoms with Gasteiger partial charge in [-0.15, -0.1) is 0 Å². The van der Waals surface area contributed by atoms with Gasteiger partial charge in [-0.3, -0.25) is 18.6 Å². The predicted octanol–water partition coefficient (Wildman–Crippen LogP) is 12.3. The summed E-state index contributed by atoms with van der Waals surface area (Å²) in [5.74, 6) is -1.03. The fourth-order valence-corrected chi connectivity index (χ4v) is 7.04. The van der Waals surface area contributed by atoms with E-state index in [-0.39, 0.29) is 12.8 Å². The number of rotatable bonds is 43. The van der Waals surface area contributed by atoms with Crippen LogP contribution in [0.3, 0.4) is 0 Å². The number of carbonyl (C=O) groups excluding carboxylic acids is 2. The maximum absolute atomic E-state index is 12.4. The van der Waals surface area contributed by atoms with Gasteiger partial charge in [0.25, 0.3) is 0 Å². The lowest BCUT2D eigenvalue weighted by atomic mass is 10.1. The molecular weight excluding hydrogens is 743 g/mol. The van der Waals surface area contributed by atoms with Crippen LogP contribution in [0.2, 0.25) is 0 Å². The monoisotopic (exact) mass is 829 g/mol. The van der Waals surface area contributed by atoms with E-state index < -0.39 is 58.4 Å². The second-order valence-electron chi connectivity index (χ2n) is 15.4. The first kappa shape index (κ1) is 55.2. The maximum Gasteiger partial charge on any atom is 0.472 e. The Morgan fingerprint density at radius 1 is 0.474 bits per heavy atom. The molecule has 3 N–H and O–H groups in total. The highest BCUT2D eigenvalue weighted by Gasteiger charge is 2.27. The van der Waals surface area contributed by atoms with Gasteiger partial charge >= 0.3 is 19.8 Å². The molecule has 10 nitrogen and oxygen atoms in total. The molecule has 0 fully saturated rings. The zero-order valence-electron chi connectivity index (χ0n) is 36.3. The number of ether oxygens (including phenoxy) is 2. The molecule has 0 bridgehead atoms. The van der Waals surface area contributed by atoms with Crippen LogP contribution in [0.5, 0.6) is 0 Å². The first-order valence-corrected chi connectivity index (χ1v) is 24.4. The Kier molecular flexibility index (Phi) is 41.0. The highest BCUT2D eigenvalue weighted by atomic mass is 31.2. The average molecular weight is 829 g/mol. The number of carbonyl (C=O) groups is 2. The van der Waals surface area contributed by atoms with Crippen molar-refractivity contribution in [3.05, 3.63) is 36.5 Å². The Hall–Kier alpha value is -1.81. The molecule has 0 aromatic heterocycles. The molecule has 334 valence electrons. The maximum atomic E-state index is 12.4. The van der Waals surface area contributed by atoms with Gasteiger partial charge < -0.3 is 24.6 Å². The summed E-state index contributed by atoms with van der Waals surface area (Å²) >= 11 is 0. The normalized spacial score (nSPS) is 14.1. The van der Waals surface area contributed by atoms with E-state index >= 15 is 0 Å². The van der Waals surface area contributed by atoms with Crippen LogP contribution < -0.4 is 0 Å². The molecule has 0 aliphatic rings. The molecule has 0 saturated carbocycles. The summed E-state index contributed by atoms with van der Waals surface area (Å²) < 4.78 is 32.6. The molecule has 3 atom stereocenters. The SMILES string of the molecule is CCCCCC/C=C\CCCCCCCC(=O)OC(CO)COP(=O)(O)OCC(CO)OC(=O)CCCCCCCCCCC/C=C\C/C=C\CCCCCCC. The summed E-state index contributed by atoms with van der Waals surface area (Å²) in [6, 6.07) is 0. The zero-order valence-corrected chi connectivity index (χ0v) is 37.2. The first-order valence-electron chi connectivity index (χ1n) is 22.9. The summed E-state index contributed by atoms with van der Waals surface area (Å²) in [5, 5.41) is 19.2. The fraction of sp³-hybridized carbons (Fsp3) is 0.826. The summed E-state index contributed by atoms with van der Waals surface area (Å²) in [6.45, 7) is 2.18. The molecule has 0 radical (unpaired) electrons. The topological polar surface area (TPSA) is 149 Å². The largest absolute Gasteiger partial charge is 0.472 e. The highest BCUT2D eigenvalue weighted by Crippen LogP contribution is 2.43. The summed E-state index contributed by atoms with van der Waals surface area (Å²) in [6.07, 6.45) is 44.0. The van der Waals surface area contributed by atoms with Gasteiger partial charge in [0.1, 0.15) is 12.2 Å². The van der Waals surface area contributed by atoms with Gasteiger partial charge in [-0.25, -0.2) is 4.57 Å². The molecule has 3 unspecified atom stereocenters. The minimum Gasteiger partial charge on any atom is -0.457 e.